The molecule has 0 aliphatic heterocycles. The lowest BCUT2D eigenvalue weighted by molar-refractivity contribution is 0.106. The first kappa shape index (κ1) is 14.2. The molecule has 0 atom stereocenters. The van der Waals surface area contributed by atoms with Crippen molar-refractivity contribution in [2.45, 2.75) is 4.34 Å². The van der Waals surface area contributed by atoms with Crippen LogP contribution in [0.1, 0.15) is 10.6 Å². The summed E-state index contributed by atoms with van der Waals surface area (Å²) in [7, 11) is 0. The average molecular weight is 337 g/mol. The lowest BCUT2D eigenvalue weighted by Crippen LogP contribution is -1.89. The molecule has 4 rings (SSSR count). The number of carbonyl (C=O) groups excluding carboxylic acids is 1. The van der Waals surface area contributed by atoms with E-state index in [9.17, 15) is 4.79 Å². The van der Waals surface area contributed by atoms with Crippen LogP contribution in [0.3, 0.4) is 0 Å². The maximum Gasteiger partial charge on any atom is 0.261 e. The van der Waals surface area contributed by atoms with Gasteiger partial charge in [0.25, 0.3) is 5.12 Å². The van der Waals surface area contributed by atoms with E-state index in [2.05, 4.69) is 4.98 Å². The first-order valence-electron chi connectivity index (χ1n) is 7.02. The Morgan fingerprint density at radius 1 is 0.957 bits per heavy atom. The molecule has 0 saturated carbocycles. The van der Waals surface area contributed by atoms with Gasteiger partial charge in [0.15, 0.2) is 10.1 Å². The molecule has 2 aromatic carbocycles. The Kier molecular flexibility index (Phi) is 3.73. The van der Waals surface area contributed by atoms with Gasteiger partial charge in [0.1, 0.15) is 5.76 Å². The van der Waals surface area contributed by atoms with Crippen molar-refractivity contribution in [1.29, 1.82) is 0 Å². The van der Waals surface area contributed by atoms with Crippen LogP contribution in [0.5, 0.6) is 0 Å². The zero-order valence-corrected chi connectivity index (χ0v) is 13.6. The molecule has 2 aromatic heterocycles. The zero-order valence-electron chi connectivity index (χ0n) is 11.9. The van der Waals surface area contributed by atoms with Gasteiger partial charge in [-0.25, -0.2) is 4.98 Å². The summed E-state index contributed by atoms with van der Waals surface area (Å²) < 4.78 is 7.49. The quantitative estimate of drug-likeness (QED) is 0.464. The normalized spacial score (nSPS) is 11.0. The number of hydrogen-bond donors (Lipinski definition) is 0. The molecule has 0 N–H and O–H groups in total. The van der Waals surface area contributed by atoms with Crippen molar-refractivity contribution in [3.63, 3.8) is 0 Å². The Balaban J connectivity index is 1.56. The molecule has 0 unspecified atom stereocenters. The van der Waals surface area contributed by atoms with Gasteiger partial charge in [-0.3, -0.25) is 4.79 Å². The summed E-state index contributed by atoms with van der Waals surface area (Å²) in [6, 6.07) is 21.1. The molecule has 0 aliphatic rings. The van der Waals surface area contributed by atoms with Crippen molar-refractivity contribution in [3.8, 4) is 11.3 Å². The molecule has 0 fully saturated rings. The number of furan rings is 1. The second-order valence-electron chi connectivity index (χ2n) is 4.87. The van der Waals surface area contributed by atoms with Crippen molar-refractivity contribution in [1.82, 2.24) is 4.98 Å². The van der Waals surface area contributed by atoms with Crippen LogP contribution >= 0.6 is 23.1 Å². The van der Waals surface area contributed by atoms with Gasteiger partial charge in [-0.15, -0.1) is 11.3 Å². The van der Waals surface area contributed by atoms with Gasteiger partial charge in [0.2, 0.25) is 0 Å². The van der Waals surface area contributed by atoms with Crippen LogP contribution in [-0.4, -0.2) is 10.1 Å². The van der Waals surface area contributed by atoms with E-state index >= 15 is 0 Å². The molecule has 4 aromatic rings. The van der Waals surface area contributed by atoms with E-state index in [-0.39, 0.29) is 5.12 Å². The monoisotopic (exact) mass is 337 g/mol. The van der Waals surface area contributed by atoms with Gasteiger partial charge in [-0.05, 0) is 36.0 Å². The molecule has 0 saturated heterocycles. The Morgan fingerprint density at radius 2 is 1.74 bits per heavy atom. The second kappa shape index (κ2) is 6.02. The number of para-hydroxylation sites is 1. The third kappa shape index (κ3) is 2.93. The minimum atomic E-state index is -0.133. The van der Waals surface area contributed by atoms with E-state index in [0.717, 1.165) is 31.9 Å². The predicted molar refractivity (Wildman–Crippen MR) is 94.0 cm³/mol. The van der Waals surface area contributed by atoms with Gasteiger partial charge in [-0.2, -0.15) is 0 Å². The van der Waals surface area contributed by atoms with E-state index in [0.29, 0.717) is 11.5 Å². The van der Waals surface area contributed by atoms with E-state index in [1.807, 2.05) is 60.7 Å². The van der Waals surface area contributed by atoms with E-state index in [1.165, 1.54) is 11.3 Å². The third-order valence-electron chi connectivity index (χ3n) is 3.32. The largest absolute Gasteiger partial charge is 0.452 e. The molecule has 0 bridgehead atoms. The number of hydrogen-bond acceptors (Lipinski definition) is 5. The minimum absolute atomic E-state index is 0.133. The first-order chi connectivity index (χ1) is 11.3. The molecular formula is C18H11NO2S2. The maximum absolute atomic E-state index is 12.4. The van der Waals surface area contributed by atoms with Gasteiger partial charge in [-0.1, -0.05) is 42.5 Å². The summed E-state index contributed by atoms with van der Waals surface area (Å²) in [5.41, 5.74) is 1.87. The van der Waals surface area contributed by atoms with Gasteiger partial charge in [0.05, 0.1) is 10.2 Å². The summed E-state index contributed by atoms with van der Waals surface area (Å²) in [5.74, 6) is 1.03. The van der Waals surface area contributed by atoms with Crippen molar-refractivity contribution >= 4 is 38.4 Å². The van der Waals surface area contributed by atoms with Gasteiger partial charge >= 0.3 is 0 Å². The Bertz CT molecular complexity index is 940. The first-order valence-corrected chi connectivity index (χ1v) is 8.66. The van der Waals surface area contributed by atoms with Gasteiger partial charge in [0, 0.05) is 5.56 Å². The molecule has 2 heterocycles. The standard InChI is InChI=1S/C18H11NO2S2/c20-17(23-18-19-13-8-4-5-9-16(13)22-18)15-11-10-14(21-15)12-6-2-1-3-7-12/h1-11H. The number of carbonyl (C=O) groups is 1. The summed E-state index contributed by atoms with van der Waals surface area (Å²) in [4.78, 5) is 16.8. The fraction of sp³-hybridized carbons (Fsp3) is 0. The zero-order chi connectivity index (χ0) is 15.6. The molecule has 0 spiro atoms. The third-order valence-corrected chi connectivity index (χ3v) is 5.30. The number of fused-ring (bicyclic) bond motifs is 1. The molecule has 0 amide bonds. The lowest BCUT2D eigenvalue weighted by atomic mass is 10.2. The molecule has 23 heavy (non-hydrogen) atoms. The highest BCUT2D eigenvalue weighted by atomic mass is 32.2. The van der Waals surface area contributed by atoms with Gasteiger partial charge < -0.3 is 4.42 Å². The number of benzene rings is 2. The summed E-state index contributed by atoms with van der Waals surface area (Å²) in [6.07, 6.45) is 0. The second-order valence-corrected chi connectivity index (χ2v) is 7.12. The van der Waals surface area contributed by atoms with E-state index in [1.54, 1.807) is 6.07 Å². The van der Waals surface area contributed by atoms with Crippen LogP contribution in [0.2, 0.25) is 0 Å². The number of thioether (sulfide) groups is 1. The molecule has 0 aliphatic carbocycles. The van der Waals surface area contributed by atoms with Crippen LogP contribution < -0.4 is 0 Å². The molecule has 5 heteroatoms. The number of thiazole rings is 1. The highest BCUT2D eigenvalue weighted by Gasteiger charge is 2.16. The maximum atomic E-state index is 12.4. The average Bonchev–Trinajstić information content (AvgIpc) is 3.22. The van der Waals surface area contributed by atoms with Crippen molar-refractivity contribution in [3.05, 3.63) is 72.5 Å². The SMILES string of the molecule is O=C(Sc1nc2ccccc2s1)c1ccc(-c2ccccc2)o1. The molecule has 0 radical (unpaired) electrons. The van der Waals surface area contributed by atoms with Crippen LogP contribution in [-0.2, 0) is 0 Å². The molecular weight excluding hydrogens is 326 g/mol. The lowest BCUT2D eigenvalue weighted by Gasteiger charge is -1.96. The molecule has 3 nitrogen and oxygen atoms in total. The highest BCUT2D eigenvalue weighted by Crippen LogP contribution is 2.32. The highest BCUT2D eigenvalue weighted by molar-refractivity contribution is 8.15. The van der Waals surface area contributed by atoms with Crippen molar-refractivity contribution < 1.29 is 9.21 Å². The van der Waals surface area contributed by atoms with E-state index in [4.69, 9.17) is 4.42 Å². The Hall–Kier alpha value is -2.37. The summed E-state index contributed by atoms with van der Waals surface area (Å²) in [6.45, 7) is 0. The Morgan fingerprint density at radius 3 is 2.57 bits per heavy atom. The molecule has 112 valence electrons. The fourth-order valence-electron chi connectivity index (χ4n) is 2.23. The summed E-state index contributed by atoms with van der Waals surface area (Å²) in [5, 5.41) is -0.133. The number of aromatic nitrogens is 1. The van der Waals surface area contributed by atoms with Crippen LogP contribution in [0.25, 0.3) is 21.5 Å². The topological polar surface area (TPSA) is 43.1 Å². The summed E-state index contributed by atoms with van der Waals surface area (Å²) >= 11 is 2.62. The van der Waals surface area contributed by atoms with Crippen molar-refractivity contribution in [2.24, 2.45) is 0 Å². The number of nitrogens with zero attached hydrogens (tertiary/aromatic N) is 1. The van der Waals surface area contributed by atoms with Crippen LogP contribution in [0.15, 0.2) is 75.5 Å². The fourth-order valence-corrected chi connectivity index (χ4v) is 4.10. The van der Waals surface area contributed by atoms with Crippen LogP contribution in [0, 0.1) is 0 Å². The Labute approximate surface area is 141 Å². The smallest absolute Gasteiger partial charge is 0.261 e. The van der Waals surface area contributed by atoms with Crippen LogP contribution in [0.4, 0.5) is 0 Å². The predicted octanol–water partition coefficient (Wildman–Crippen LogP) is 5.49. The number of rotatable bonds is 3. The van der Waals surface area contributed by atoms with Crippen molar-refractivity contribution in [2.75, 3.05) is 0 Å². The van der Waals surface area contributed by atoms with E-state index < -0.39 is 0 Å². The minimum Gasteiger partial charge on any atom is -0.452 e.